The van der Waals surface area contributed by atoms with Crippen molar-refractivity contribution in [1.29, 1.82) is 0 Å². The molecule has 0 radical (unpaired) electrons. The van der Waals surface area contributed by atoms with Crippen molar-refractivity contribution >= 4 is 15.7 Å². The summed E-state index contributed by atoms with van der Waals surface area (Å²) in [5, 5.41) is 4.22. The summed E-state index contributed by atoms with van der Waals surface area (Å²) < 4.78 is 34.2. The van der Waals surface area contributed by atoms with Crippen LogP contribution in [-0.2, 0) is 16.6 Å². The van der Waals surface area contributed by atoms with E-state index < -0.39 is 10.0 Å². The molecule has 0 aliphatic rings. The molecule has 0 aliphatic carbocycles. The first-order chi connectivity index (χ1) is 9.96. The number of sulfonamides is 1. The number of hydrogen-bond acceptors (Lipinski definition) is 4. The lowest BCUT2D eigenvalue weighted by Crippen LogP contribution is -2.13. The first-order valence-electron chi connectivity index (χ1n) is 6.76. The quantitative estimate of drug-likeness (QED) is 0.889. The highest BCUT2D eigenvalue weighted by Gasteiger charge is 2.17. The van der Waals surface area contributed by atoms with Crippen molar-refractivity contribution in [3.8, 4) is 5.75 Å². The van der Waals surface area contributed by atoms with Crippen LogP contribution in [0.25, 0.3) is 0 Å². The molecule has 0 atom stereocenters. The highest BCUT2D eigenvalue weighted by Crippen LogP contribution is 2.21. The number of hydrogen-bond donors (Lipinski definition) is 1. The Bertz CT molecular complexity index is 706. The van der Waals surface area contributed by atoms with Crippen LogP contribution >= 0.6 is 0 Å². The molecule has 1 aromatic heterocycles. The highest BCUT2D eigenvalue weighted by molar-refractivity contribution is 7.92. The Labute approximate surface area is 124 Å². The molecule has 0 spiro atoms. The molecular weight excluding hydrogens is 290 g/mol. The molecule has 7 heteroatoms. The van der Waals surface area contributed by atoms with E-state index in [9.17, 15) is 8.42 Å². The van der Waals surface area contributed by atoms with Gasteiger partial charge < -0.3 is 4.74 Å². The number of nitrogens with one attached hydrogen (secondary N) is 1. The van der Waals surface area contributed by atoms with Crippen molar-refractivity contribution in [2.45, 2.75) is 32.2 Å². The lowest BCUT2D eigenvalue weighted by atomic mass is 10.3. The van der Waals surface area contributed by atoms with Gasteiger partial charge in [0.2, 0.25) is 0 Å². The zero-order valence-electron chi connectivity index (χ0n) is 12.3. The van der Waals surface area contributed by atoms with Gasteiger partial charge in [0, 0.05) is 12.7 Å². The van der Waals surface area contributed by atoms with Gasteiger partial charge in [-0.05, 0) is 45.0 Å². The fraction of sp³-hybridized carbons (Fsp3) is 0.357. The van der Waals surface area contributed by atoms with Crippen LogP contribution in [0, 0.1) is 6.92 Å². The number of rotatable bonds is 6. The molecule has 0 unspecified atom stereocenters. The van der Waals surface area contributed by atoms with Crippen LogP contribution in [0.1, 0.15) is 19.5 Å². The molecule has 0 saturated heterocycles. The van der Waals surface area contributed by atoms with Crippen molar-refractivity contribution < 1.29 is 13.2 Å². The molecule has 0 bridgehead atoms. The smallest absolute Gasteiger partial charge is 0.262 e. The average molecular weight is 309 g/mol. The van der Waals surface area contributed by atoms with E-state index in [1.54, 1.807) is 29.9 Å². The molecule has 2 aromatic rings. The van der Waals surface area contributed by atoms with Gasteiger partial charge in [-0.25, -0.2) is 8.42 Å². The predicted molar refractivity (Wildman–Crippen MR) is 81.1 cm³/mol. The summed E-state index contributed by atoms with van der Waals surface area (Å²) in [5.41, 5.74) is 1.14. The lowest BCUT2D eigenvalue weighted by Gasteiger charge is -2.08. The molecule has 0 fully saturated rings. The molecule has 1 aromatic carbocycles. The minimum absolute atomic E-state index is 0.189. The van der Waals surface area contributed by atoms with E-state index in [0.29, 0.717) is 30.3 Å². The second-order valence-electron chi connectivity index (χ2n) is 4.49. The fourth-order valence-corrected chi connectivity index (χ4v) is 2.97. The van der Waals surface area contributed by atoms with Crippen LogP contribution in [0.15, 0.2) is 35.4 Å². The Morgan fingerprint density at radius 2 is 1.90 bits per heavy atom. The van der Waals surface area contributed by atoms with Crippen LogP contribution in [-0.4, -0.2) is 24.8 Å². The third-order valence-corrected chi connectivity index (χ3v) is 4.34. The van der Waals surface area contributed by atoms with Crippen LogP contribution in [0.4, 0.5) is 5.69 Å². The molecule has 1 heterocycles. The van der Waals surface area contributed by atoms with Crippen molar-refractivity contribution in [3.63, 3.8) is 0 Å². The summed E-state index contributed by atoms with van der Waals surface area (Å²) in [6.45, 7) is 6.81. The predicted octanol–water partition coefficient (Wildman–Crippen LogP) is 2.41. The zero-order valence-corrected chi connectivity index (χ0v) is 13.1. The molecule has 0 saturated carbocycles. The summed E-state index contributed by atoms with van der Waals surface area (Å²) in [6, 6.07) is 6.32. The standard InChI is InChI=1S/C14H19N3O3S/c1-4-17-10-14(11(3)15-17)16-21(18,19)13-8-6-12(7-9-13)20-5-2/h6-10,16H,4-5H2,1-3H3. The topological polar surface area (TPSA) is 73.2 Å². The van der Waals surface area contributed by atoms with Gasteiger partial charge >= 0.3 is 0 Å². The normalized spacial score (nSPS) is 11.4. The molecule has 6 nitrogen and oxygen atoms in total. The monoisotopic (exact) mass is 309 g/mol. The van der Waals surface area contributed by atoms with E-state index in [2.05, 4.69) is 9.82 Å². The first kappa shape index (κ1) is 15.4. The van der Waals surface area contributed by atoms with Crippen LogP contribution < -0.4 is 9.46 Å². The Morgan fingerprint density at radius 1 is 1.24 bits per heavy atom. The molecule has 0 amide bonds. The van der Waals surface area contributed by atoms with E-state index in [0.717, 1.165) is 0 Å². The van der Waals surface area contributed by atoms with Crippen molar-refractivity contribution in [2.75, 3.05) is 11.3 Å². The zero-order chi connectivity index (χ0) is 15.5. The van der Waals surface area contributed by atoms with E-state index in [-0.39, 0.29) is 4.90 Å². The van der Waals surface area contributed by atoms with Crippen LogP contribution in [0.5, 0.6) is 5.75 Å². The van der Waals surface area contributed by atoms with Crippen LogP contribution in [0.3, 0.4) is 0 Å². The van der Waals surface area contributed by atoms with Crippen molar-refractivity contribution in [1.82, 2.24) is 9.78 Å². The van der Waals surface area contributed by atoms with Gasteiger partial charge in [-0.15, -0.1) is 0 Å². The van der Waals surface area contributed by atoms with Gasteiger partial charge in [0.1, 0.15) is 5.75 Å². The number of ether oxygens (including phenoxy) is 1. The molecule has 21 heavy (non-hydrogen) atoms. The highest BCUT2D eigenvalue weighted by atomic mass is 32.2. The molecule has 0 aliphatic heterocycles. The SMILES string of the molecule is CCOc1ccc(S(=O)(=O)Nc2cn(CC)nc2C)cc1. The van der Waals surface area contributed by atoms with Gasteiger partial charge in [0.05, 0.1) is 22.9 Å². The number of benzene rings is 1. The van der Waals surface area contributed by atoms with Gasteiger partial charge in [0.15, 0.2) is 0 Å². The second-order valence-corrected chi connectivity index (χ2v) is 6.18. The molecule has 114 valence electrons. The Kier molecular flexibility index (Phi) is 4.52. The summed E-state index contributed by atoms with van der Waals surface area (Å²) in [6.07, 6.45) is 1.68. The number of anilines is 1. The van der Waals surface area contributed by atoms with Gasteiger partial charge in [-0.1, -0.05) is 0 Å². The minimum atomic E-state index is -3.62. The van der Waals surface area contributed by atoms with Crippen molar-refractivity contribution in [3.05, 3.63) is 36.2 Å². The van der Waals surface area contributed by atoms with Crippen LogP contribution in [0.2, 0.25) is 0 Å². The lowest BCUT2D eigenvalue weighted by molar-refractivity contribution is 0.340. The number of aryl methyl sites for hydroxylation is 2. The van der Waals surface area contributed by atoms with E-state index >= 15 is 0 Å². The number of aromatic nitrogens is 2. The maximum atomic E-state index is 12.3. The van der Waals surface area contributed by atoms with E-state index in [1.165, 1.54) is 12.1 Å². The Balaban J connectivity index is 2.23. The molecule has 1 N–H and O–H groups in total. The maximum absolute atomic E-state index is 12.3. The fourth-order valence-electron chi connectivity index (χ4n) is 1.87. The second kappa shape index (κ2) is 6.17. The summed E-state index contributed by atoms with van der Waals surface area (Å²) in [7, 11) is -3.62. The Morgan fingerprint density at radius 3 is 2.43 bits per heavy atom. The molecule has 2 rings (SSSR count). The summed E-state index contributed by atoms with van der Waals surface area (Å²) >= 11 is 0. The van der Waals surface area contributed by atoms with Gasteiger partial charge in [-0.2, -0.15) is 5.10 Å². The maximum Gasteiger partial charge on any atom is 0.262 e. The average Bonchev–Trinajstić information content (AvgIpc) is 2.80. The van der Waals surface area contributed by atoms with Gasteiger partial charge in [0.25, 0.3) is 10.0 Å². The Hall–Kier alpha value is -2.02. The molecular formula is C14H19N3O3S. The van der Waals surface area contributed by atoms with E-state index in [4.69, 9.17) is 4.74 Å². The largest absolute Gasteiger partial charge is 0.494 e. The minimum Gasteiger partial charge on any atom is -0.494 e. The summed E-state index contributed by atoms with van der Waals surface area (Å²) in [4.78, 5) is 0.189. The van der Waals surface area contributed by atoms with E-state index in [1.807, 2.05) is 13.8 Å². The summed E-state index contributed by atoms with van der Waals surface area (Å²) in [5.74, 6) is 0.645. The third-order valence-electron chi connectivity index (χ3n) is 2.96. The van der Waals surface area contributed by atoms with Gasteiger partial charge in [-0.3, -0.25) is 9.40 Å². The number of nitrogens with zero attached hydrogens (tertiary/aromatic N) is 2. The third kappa shape index (κ3) is 3.55. The van der Waals surface area contributed by atoms with Crippen molar-refractivity contribution in [2.24, 2.45) is 0 Å². The first-order valence-corrected chi connectivity index (χ1v) is 8.24.